The van der Waals surface area contributed by atoms with Crippen LogP contribution >= 0.6 is 0 Å². The van der Waals surface area contributed by atoms with Crippen molar-refractivity contribution in [3.63, 3.8) is 0 Å². The van der Waals surface area contributed by atoms with E-state index in [4.69, 9.17) is 14.6 Å². The van der Waals surface area contributed by atoms with Gasteiger partial charge in [-0.15, -0.1) is 0 Å². The number of halogens is 4. The fourth-order valence-electron chi connectivity index (χ4n) is 3.59. The van der Waals surface area contributed by atoms with E-state index in [9.17, 15) is 22.4 Å². The predicted molar refractivity (Wildman–Crippen MR) is 96.2 cm³/mol. The number of ether oxygens (including phenoxy) is 2. The average Bonchev–Trinajstić information content (AvgIpc) is 3.02. The highest BCUT2D eigenvalue weighted by molar-refractivity contribution is 5.67. The van der Waals surface area contributed by atoms with Gasteiger partial charge in [0.2, 0.25) is 0 Å². The van der Waals surface area contributed by atoms with E-state index in [1.165, 1.54) is 0 Å². The number of fused-ring (bicyclic) bond motifs is 1. The second-order valence-corrected chi connectivity index (χ2v) is 6.77. The summed E-state index contributed by atoms with van der Waals surface area (Å²) in [6.07, 6.45) is -5.65. The smallest absolute Gasteiger partial charge is 0.416 e. The van der Waals surface area contributed by atoms with Crippen molar-refractivity contribution < 1.29 is 36.9 Å². The van der Waals surface area contributed by atoms with Crippen LogP contribution in [0.4, 0.5) is 17.6 Å². The van der Waals surface area contributed by atoms with Gasteiger partial charge in [-0.25, -0.2) is 4.39 Å². The van der Waals surface area contributed by atoms with E-state index in [1.807, 2.05) is 0 Å². The number of carboxylic acids is 1. The van der Waals surface area contributed by atoms with Gasteiger partial charge in [0.05, 0.1) is 18.1 Å². The Balaban J connectivity index is 1.79. The molecule has 29 heavy (non-hydrogen) atoms. The number of carbonyl (C=O) groups is 1. The number of alkyl halides is 3. The highest BCUT2D eigenvalue weighted by Gasteiger charge is 2.38. The normalized spacial score (nSPS) is 17.1. The van der Waals surface area contributed by atoms with Gasteiger partial charge >= 0.3 is 12.1 Å². The molecule has 0 fully saturated rings. The van der Waals surface area contributed by atoms with Gasteiger partial charge in [-0.05, 0) is 60.7 Å². The summed E-state index contributed by atoms with van der Waals surface area (Å²) in [6.45, 7) is 2.11. The molecule has 2 atom stereocenters. The number of hydrogen-bond donors (Lipinski definition) is 1. The second kappa shape index (κ2) is 8.41. The number of aliphatic carboxylic acids is 1. The summed E-state index contributed by atoms with van der Waals surface area (Å²) >= 11 is 0. The molecule has 0 unspecified atom stereocenters. The van der Waals surface area contributed by atoms with Crippen LogP contribution < -0.4 is 4.74 Å². The lowest BCUT2D eigenvalue weighted by atomic mass is 10.0. The van der Waals surface area contributed by atoms with Gasteiger partial charge < -0.3 is 14.6 Å². The lowest BCUT2D eigenvalue weighted by Crippen LogP contribution is -2.11. The third-order valence-electron chi connectivity index (χ3n) is 4.82. The van der Waals surface area contributed by atoms with Crippen LogP contribution in [0.1, 0.15) is 54.2 Å². The first kappa shape index (κ1) is 21.1. The van der Waals surface area contributed by atoms with E-state index in [0.29, 0.717) is 30.4 Å². The molecule has 0 radical (unpaired) electrons. The van der Waals surface area contributed by atoms with Gasteiger partial charge in [0.15, 0.2) is 0 Å². The Bertz CT molecular complexity index is 877. The van der Waals surface area contributed by atoms with Gasteiger partial charge in [-0.1, -0.05) is 12.1 Å². The number of benzene rings is 2. The maximum absolute atomic E-state index is 13.8. The highest BCUT2D eigenvalue weighted by atomic mass is 19.4. The summed E-state index contributed by atoms with van der Waals surface area (Å²) in [4.78, 5) is 11.0. The highest BCUT2D eigenvalue weighted by Crippen LogP contribution is 2.42. The molecular weight excluding hydrogens is 392 g/mol. The second-order valence-electron chi connectivity index (χ2n) is 6.77. The van der Waals surface area contributed by atoms with Crippen molar-refractivity contribution in [1.29, 1.82) is 0 Å². The third-order valence-corrected chi connectivity index (χ3v) is 4.82. The molecule has 0 aliphatic heterocycles. The molecule has 0 bridgehead atoms. The van der Waals surface area contributed by atoms with Crippen LogP contribution in [0.25, 0.3) is 0 Å². The molecule has 0 saturated heterocycles. The maximum Gasteiger partial charge on any atom is 0.416 e. The summed E-state index contributed by atoms with van der Waals surface area (Å²) in [6, 6.07) is 8.12. The molecule has 0 aromatic heterocycles. The van der Waals surface area contributed by atoms with Crippen LogP contribution in [0.15, 0.2) is 36.4 Å². The molecule has 0 heterocycles. The maximum atomic E-state index is 13.8. The van der Waals surface area contributed by atoms with Crippen LogP contribution in [0.2, 0.25) is 0 Å². The number of rotatable bonds is 7. The zero-order valence-electron chi connectivity index (χ0n) is 15.6. The number of carboxylic acid groups (broad SMARTS) is 1. The lowest BCUT2D eigenvalue weighted by molar-refractivity contribution is -0.140. The van der Waals surface area contributed by atoms with Crippen LogP contribution in [-0.4, -0.2) is 17.7 Å². The van der Waals surface area contributed by atoms with Crippen molar-refractivity contribution >= 4 is 5.97 Å². The molecule has 3 rings (SSSR count). The summed E-state index contributed by atoms with van der Waals surface area (Å²) in [5.41, 5.74) is -0.0288. The van der Waals surface area contributed by atoms with E-state index in [0.717, 1.165) is 6.07 Å². The van der Waals surface area contributed by atoms with Gasteiger partial charge in [0.25, 0.3) is 0 Å². The first-order valence-corrected chi connectivity index (χ1v) is 9.18. The van der Waals surface area contributed by atoms with Crippen LogP contribution in [0.3, 0.4) is 0 Å². The zero-order valence-corrected chi connectivity index (χ0v) is 15.6. The number of hydrogen-bond acceptors (Lipinski definition) is 3. The zero-order chi connectivity index (χ0) is 21.2. The van der Waals surface area contributed by atoms with E-state index in [2.05, 4.69) is 0 Å². The standard InChI is InChI=1S/C21H20F4O4/c1-2-28-19(11-20(26)27)12-3-5-14(6-4-12)29-18-8-7-15-16(18)9-13(22)10-17(15)21(23,24)25/h3-6,9-10,18-19H,2,7-8,11H2,1H3,(H,26,27)/t18-,19+/m1/s1. The topological polar surface area (TPSA) is 55.8 Å². The van der Waals surface area contributed by atoms with Gasteiger partial charge in [0, 0.05) is 6.61 Å². The fourth-order valence-corrected chi connectivity index (χ4v) is 3.59. The molecule has 4 nitrogen and oxygen atoms in total. The molecule has 0 saturated carbocycles. The van der Waals surface area contributed by atoms with Crippen LogP contribution in [0.5, 0.6) is 5.75 Å². The van der Waals surface area contributed by atoms with Crippen LogP contribution in [0, 0.1) is 5.82 Å². The van der Waals surface area contributed by atoms with Crippen molar-refractivity contribution in [3.05, 3.63) is 64.5 Å². The van der Waals surface area contributed by atoms with Crippen molar-refractivity contribution in [2.24, 2.45) is 0 Å². The van der Waals surface area contributed by atoms with E-state index >= 15 is 0 Å². The Kier molecular flexibility index (Phi) is 6.12. The minimum absolute atomic E-state index is 0.0680. The van der Waals surface area contributed by atoms with Crippen molar-refractivity contribution in [2.75, 3.05) is 6.61 Å². The Morgan fingerprint density at radius 3 is 2.52 bits per heavy atom. The first-order chi connectivity index (χ1) is 13.7. The Labute approximate surface area is 165 Å². The van der Waals surface area contributed by atoms with Gasteiger partial charge in [-0.3, -0.25) is 4.79 Å². The van der Waals surface area contributed by atoms with E-state index in [-0.39, 0.29) is 24.0 Å². The van der Waals surface area contributed by atoms with E-state index < -0.39 is 35.7 Å². The summed E-state index contributed by atoms with van der Waals surface area (Å²) < 4.78 is 64.6. The SMILES string of the molecule is CCO[C@@H](CC(=O)O)c1ccc(O[C@@H]2CCc3c2cc(F)cc3C(F)(F)F)cc1. The molecule has 8 heteroatoms. The largest absolute Gasteiger partial charge is 0.486 e. The van der Waals surface area contributed by atoms with Crippen molar-refractivity contribution in [1.82, 2.24) is 0 Å². The molecule has 1 N–H and O–H groups in total. The first-order valence-electron chi connectivity index (χ1n) is 9.18. The summed E-state index contributed by atoms with van der Waals surface area (Å²) in [7, 11) is 0. The quantitative estimate of drug-likeness (QED) is 0.614. The van der Waals surface area contributed by atoms with Crippen molar-refractivity contribution in [3.8, 4) is 5.75 Å². The molecule has 1 aliphatic carbocycles. The molecule has 1 aliphatic rings. The molecule has 156 valence electrons. The molecule has 2 aromatic rings. The van der Waals surface area contributed by atoms with E-state index in [1.54, 1.807) is 31.2 Å². The minimum Gasteiger partial charge on any atom is -0.486 e. The predicted octanol–water partition coefficient (Wildman–Crippen LogP) is 5.46. The molecule has 0 amide bonds. The molecule has 2 aromatic carbocycles. The fraction of sp³-hybridized carbons (Fsp3) is 0.381. The summed E-state index contributed by atoms with van der Waals surface area (Å²) in [5.74, 6) is -1.54. The monoisotopic (exact) mass is 412 g/mol. The summed E-state index contributed by atoms with van der Waals surface area (Å²) in [5, 5.41) is 9.00. The molecular formula is C21H20F4O4. The van der Waals surface area contributed by atoms with Crippen molar-refractivity contribution in [2.45, 2.75) is 44.6 Å². The Morgan fingerprint density at radius 2 is 1.93 bits per heavy atom. The minimum atomic E-state index is -4.62. The van der Waals surface area contributed by atoms with Gasteiger partial charge in [-0.2, -0.15) is 13.2 Å². The third kappa shape index (κ3) is 4.87. The average molecular weight is 412 g/mol. The molecule has 0 spiro atoms. The lowest BCUT2D eigenvalue weighted by Gasteiger charge is -2.18. The Morgan fingerprint density at radius 1 is 1.24 bits per heavy atom. The van der Waals surface area contributed by atoms with Crippen LogP contribution in [-0.2, 0) is 22.1 Å². The van der Waals surface area contributed by atoms with Gasteiger partial charge in [0.1, 0.15) is 17.7 Å². The Hall–Kier alpha value is -2.61.